The van der Waals surface area contributed by atoms with Crippen LogP contribution in [0.5, 0.6) is 5.75 Å². The first kappa shape index (κ1) is 26.6. The van der Waals surface area contributed by atoms with Crippen molar-refractivity contribution in [3.05, 3.63) is 58.7 Å². The van der Waals surface area contributed by atoms with Gasteiger partial charge in [0.05, 0.1) is 23.4 Å². The number of rotatable bonds is 10. The highest BCUT2D eigenvalue weighted by atomic mass is 32.2. The molecular formula is C28H37N3O3S2. The quantitative estimate of drug-likeness (QED) is 0.284. The Morgan fingerprint density at radius 1 is 1.00 bits per heavy atom. The minimum Gasteiger partial charge on any atom is -0.497 e. The second-order valence-corrected chi connectivity index (χ2v) is 12.3. The number of nitrogens with zero attached hydrogens (tertiary/aromatic N) is 3. The third-order valence-electron chi connectivity index (χ3n) is 6.86. The summed E-state index contributed by atoms with van der Waals surface area (Å²) in [5, 5.41) is 2.12. The van der Waals surface area contributed by atoms with Gasteiger partial charge in [0.2, 0.25) is 10.0 Å². The van der Waals surface area contributed by atoms with Crippen molar-refractivity contribution in [1.82, 2.24) is 8.87 Å². The second kappa shape index (κ2) is 12.2. The molecule has 0 N–H and O–H groups in total. The highest BCUT2D eigenvalue weighted by molar-refractivity contribution is 7.89. The first-order chi connectivity index (χ1) is 17.4. The van der Waals surface area contributed by atoms with Crippen molar-refractivity contribution in [2.24, 2.45) is 10.9 Å². The van der Waals surface area contributed by atoms with Crippen LogP contribution in [-0.2, 0) is 16.6 Å². The Morgan fingerprint density at radius 2 is 1.69 bits per heavy atom. The fraction of sp³-hybridized carbons (Fsp3) is 0.464. The Hall–Kier alpha value is -2.42. The molecule has 0 spiro atoms. The van der Waals surface area contributed by atoms with E-state index in [9.17, 15) is 8.42 Å². The van der Waals surface area contributed by atoms with Crippen LogP contribution in [-0.4, -0.2) is 37.5 Å². The summed E-state index contributed by atoms with van der Waals surface area (Å²) >= 11 is 1.61. The lowest BCUT2D eigenvalue weighted by atomic mass is 10.0. The maximum Gasteiger partial charge on any atom is 0.243 e. The summed E-state index contributed by atoms with van der Waals surface area (Å²) < 4.78 is 35.5. The molecule has 1 aliphatic heterocycles. The van der Waals surface area contributed by atoms with E-state index >= 15 is 0 Å². The van der Waals surface area contributed by atoms with Crippen molar-refractivity contribution in [2.75, 3.05) is 20.2 Å². The monoisotopic (exact) mass is 527 g/mol. The minimum atomic E-state index is -3.46. The van der Waals surface area contributed by atoms with Crippen LogP contribution in [0.1, 0.15) is 52.4 Å². The van der Waals surface area contributed by atoms with Crippen LogP contribution in [0, 0.1) is 5.92 Å². The Balaban J connectivity index is 1.63. The molecule has 0 bridgehead atoms. The third kappa shape index (κ3) is 6.28. The van der Waals surface area contributed by atoms with Gasteiger partial charge in [0, 0.05) is 25.0 Å². The van der Waals surface area contributed by atoms with Crippen molar-refractivity contribution < 1.29 is 13.2 Å². The lowest BCUT2D eigenvalue weighted by Crippen LogP contribution is -2.37. The fourth-order valence-corrected chi connectivity index (χ4v) is 6.93. The van der Waals surface area contributed by atoms with Gasteiger partial charge in [-0.15, -0.1) is 11.3 Å². The summed E-state index contributed by atoms with van der Waals surface area (Å²) in [7, 11) is -1.80. The van der Waals surface area contributed by atoms with Crippen LogP contribution in [0.2, 0.25) is 0 Å². The van der Waals surface area contributed by atoms with Crippen molar-refractivity contribution in [2.45, 2.75) is 63.8 Å². The number of ether oxygens (including phenoxy) is 1. The zero-order valence-electron chi connectivity index (χ0n) is 21.5. The van der Waals surface area contributed by atoms with Gasteiger partial charge in [0.1, 0.15) is 5.75 Å². The van der Waals surface area contributed by atoms with E-state index in [-0.39, 0.29) is 0 Å². The summed E-state index contributed by atoms with van der Waals surface area (Å²) in [5.41, 5.74) is 2.95. The van der Waals surface area contributed by atoms with E-state index in [1.165, 1.54) is 19.3 Å². The lowest BCUT2D eigenvalue weighted by molar-refractivity contribution is 0.288. The van der Waals surface area contributed by atoms with Crippen molar-refractivity contribution in [1.29, 1.82) is 0 Å². The van der Waals surface area contributed by atoms with Gasteiger partial charge in [-0.05, 0) is 67.1 Å². The molecule has 1 aliphatic rings. The molecule has 0 radical (unpaired) electrons. The van der Waals surface area contributed by atoms with Crippen LogP contribution in [0.4, 0.5) is 5.69 Å². The minimum absolute atomic E-state index is 0.369. The predicted octanol–water partition coefficient (Wildman–Crippen LogP) is 6.46. The number of methoxy groups -OCH3 is 1. The highest BCUT2D eigenvalue weighted by Gasteiger charge is 2.28. The van der Waals surface area contributed by atoms with E-state index in [2.05, 4.69) is 23.8 Å². The Morgan fingerprint density at radius 3 is 2.33 bits per heavy atom. The van der Waals surface area contributed by atoms with E-state index in [4.69, 9.17) is 9.73 Å². The summed E-state index contributed by atoms with van der Waals surface area (Å²) in [6.45, 7) is 6.48. The summed E-state index contributed by atoms with van der Waals surface area (Å²) in [5.74, 6) is 1.39. The van der Waals surface area contributed by atoms with Crippen LogP contribution in [0.15, 0.2) is 63.8 Å². The first-order valence-electron chi connectivity index (χ1n) is 12.9. The largest absolute Gasteiger partial charge is 0.497 e. The third-order valence-corrected chi connectivity index (χ3v) is 9.64. The first-order valence-corrected chi connectivity index (χ1v) is 15.2. The van der Waals surface area contributed by atoms with Gasteiger partial charge in [-0.25, -0.2) is 13.4 Å². The molecule has 0 aliphatic carbocycles. The molecule has 0 saturated carbocycles. The van der Waals surface area contributed by atoms with Crippen molar-refractivity contribution in [3.8, 4) is 17.0 Å². The van der Waals surface area contributed by atoms with Gasteiger partial charge in [-0.3, -0.25) is 0 Å². The van der Waals surface area contributed by atoms with Crippen LogP contribution in [0.3, 0.4) is 0 Å². The van der Waals surface area contributed by atoms with Gasteiger partial charge >= 0.3 is 0 Å². The molecule has 194 valence electrons. The molecule has 36 heavy (non-hydrogen) atoms. The molecular weight excluding hydrogens is 490 g/mol. The molecule has 3 aromatic rings. The average Bonchev–Trinajstić information content (AvgIpc) is 3.29. The number of sulfonamides is 1. The topological polar surface area (TPSA) is 63.9 Å². The molecule has 1 fully saturated rings. The maximum absolute atomic E-state index is 13.2. The molecule has 6 nitrogen and oxygen atoms in total. The van der Waals surface area contributed by atoms with E-state index in [1.54, 1.807) is 34.9 Å². The van der Waals surface area contributed by atoms with Gasteiger partial charge < -0.3 is 9.30 Å². The molecule has 0 atom stereocenters. The number of unbranched alkanes of at least 4 members (excludes halogenated alkanes) is 3. The molecule has 2 aromatic carbocycles. The number of aromatic nitrogens is 1. The average molecular weight is 528 g/mol. The van der Waals surface area contributed by atoms with Gasteiger partial charge in [-0.1, -0.05) is 45.2 Å². The number of hydrogen-bond donors (Lipinski definition) is 0. The van der Waals surface area contributed by atoms with E-state index in [1.807, 2.05) is 36.4 Å². The standard InChI is InChI=1S/C28H37N3O3S2/c1-4-5-6-7-18-31-27(21-35-28(31)29-24-10-12-25(34-3)13-11-24)23-8-14-26(15-9-23)36(32,33)30-19-16-22(2)17-20-30/h8-15,21-22H,4-7,16-20H2,1-3H3. The van der Waals surface area contributed by atoms with E-state index in [0.29, 0.717) is 23.9 Å². The van der Waals surface area contributed by atoms with Gasteiger partial charge in [-0.2, -0.15) is 4.31 Å². The van der Waals surface area contributed by atoms with Crippen molar-refractivity contribution in [3.63, 3.8) is 0 Å². The molecule has 0 unspecified atom stereocenters. The predicted molar refractivity (Wildman–Crippen MR) is 147 cm³/mol. The van der Waals surface area contributed by atoms with E-state index < -0.39 is 10.0 Å². The smallest absolute Gasteiger partial charge is 0.243 e. The van der Waals surface area contributed by atoms with Crippen LogP contribution in [0.25, 0.3) is 11.3 Å². The molecule has 8 heteroatoms. The van der Waals surface area contributed by atoms with Gasteiger partial charge in [0.15, 0.2) is 4.80 Å². The molecule has 4 rings (SSSR count). The maximum atomic E-state index is 13.2. The summed E-state index contributed by atoms with van der Waals surface area (Å²) in [6.07, 6.45) is 6.50. The molecule has 1 saturated heterocycles. The second-order valence-electron chi connectivity index (χ2n) is 9.54. The Labute approximate surface area is 219 Å². The highest BCUT2D eigenvalue weighted by Crippen LogP contribution is 2.27. The lowest BCUT2D eigenvalue weighted by Gasteiger charge is -2.29. The Kier molecular flexibility index (Phi) is 9.04. The Bertz CT molecular complexity index is 1290. The summed E-state index contributed by atoms with van der Waals surface area (Å²) in [6, 6.07) is 15.1. The number of benzene rings is 2. The number of hydrogen-bond acceptors (Lipinski definition) is 5. The van der Waals surface area contributed by atoms with E-state index in [0.717, 1.165) is 53.3 Å². The number of thiazole rings is 1. The van der Waals surface area contributed by atoms with Crippen molar-refractivity contribution >= 4 is 27.0 Å². The van der Waals surface area contributed by atoms with Crippen LogP contribution < -0.4 is 9.54 Å². The fourth-order valence-electron chi connectivity index (χ4n) is 4.50. The molecule has 2 heterocycles. The van der Waals surface area contributed by atoms with Crippen LogP contribution >= 0.6 is 11.3 Å². The molecule has 1 aromatic heterocycles. The SMILES string of the molecule is CCCCCCn1c(-c2ccc(S(=O)(=O)N3CCC(C)CC3)cc2)csc1=Nc1ccc(OC)cc1. The van der Waals surface area contributed by atoms with Gasteiger partial charge in [0.25, 0.3) is 0 Å². The molecule has 0 amide bonds. The normalized spacial score (nSPS) is 15.9. The zero-order chi connectivity index (χ0) is 25.5. The number of piperidine rings is 1. The zero-order valence-corrected chi connectivity index (χ0v) is 23.2. The summed E-state index contributed by atoms with van der Waals surface area (Å²) in [4.78, 5) is 6.21.